The van der Waals surface area contributed by atoms with Crippen molar-refractivity contribution in [1.82, 2.24) is 20.4 Å². The first-order chi connectivity index (χ1) is 17.4. The minimum atomic E-state index is -0.620. The van der Waals surface area contributed by atoms with E-state index in [-0.39, 0.29) is 48.7 Å². The van der Waals surface area contributed by atoms with Gasteiger partial charge in [0.2, 0.25) is 17.7 Å². The van der Waals surface area contributed by atoms with E-state index in [2.05, 4.69) is 22.8 Å². The van der Waals surface area contributed by atoms with Gasteiger partial charge in [0.1, 0.15) is 5.75 Å². The number of para-hydroxylation sites is 1. The summed E-state index contributed by atoms with van der Waals surface area (Å²) in [5.41, 5.74) is -0.620. The molecule has 2 fully saturated rings. The van der Waals surface area contributed by atoms with Crippen LogP contribution in [0.1, 0.15) is 39.0 Å². The summed E-state index contributed by atoms with van der Waals surface area (Å²) < 4.78 is 5.64. The highest BCUT2D eigenvalue weighted by Gasteiger charge is 2.41. The lowest BCUT2D eigenvalue weighted by atomic mass is 9.74. The Bertz CT molecular complexity index is 987. The third-order valence-corrected chi connectivity index (χ3v) is 7.71. The van der Waals surface area contributed by atoms with Crippen LogP contribution in [0.4, 0.5) is 0 Å². The van der Waals surface area contributed by atoms with Gasteiger partial charge >= 0.3 is 0 Å². The molecule has 0 bridgehead atoms. The normalized spacial score (nSPS) is 25.5. The van der Waals surface area contributed by atoms with Gasteiger partial charge in [0, 0.05) is 45.1 Å². The van der Waals surface area contributed by atoms with Crippen molar-refractivity contribution >= 4 is 23.6 Å². The van der Waals surface area contributed by atoms with Gasteiger partial charge in [-0.3, -0.25) is 19.2 Å². The van der Waals surface area contributed by atoms with E-state index in [1.54, 1.807) is 11.8 Å². The molecule has 3 aliphatic rings. The van der Waals surface area contributed by atoms with Crippen molar-refractivity contribution < 1.29 is 23.9 Å². The second-order valence-corrected chi connectivity index (χ2v) is 10.0. The number of carbonyl (C=O) groups excluding carboxylic acids is 4. The lowest BCUT2D eigenvalue weighted by molar-refractivity contribution is -0.140. The molecule has 194 valence electrons. The van der Waals surface area contributed by atoms with E-state index in [4.69, 9.17) is 4.74 Å². The molecule has 0 unspecified atom stereocenters. The number of hydrogen-bond donors (Lipinski definition) is 2. The summed E-state index contributed by atoms with van der Waals surface area (Å²) in [6.45, 7) is 3.62. The number of fused-ring (bicyclic) bond motifs is 1. The van der Waals surface area contributed by atoms with Crippen LogP contribution in [-0.4, -0.2) is 78.8 Å². The number of ether oxygens (including phenoxy) is 1. The minimum Gasteiger partial charge on any atom is -0.484 e. The molecule has 3 aliphatic heterocycles. The maximum absolute atomic E-state index is 13.1. The Hall–Kier alpha value is -3.36. The summed E-state index contributed by atoms with van der Waals surface area (Å²) in [5.74, 6) is 0.345. The largest absolute Gasteiger partial charge is 0.484 e. The maximum Gasteiger partial charge on any atom is 0.260 e. The van der Waals surface area contributed by atoms with Crippen LogP contribution in [0.15, 0.2) is 42.5 Å². The fourth-order valence-electron chi connectivity index (χ4n) is 5.40. The van der Waals surface area contributed by atoms with Crippen molar-refractivity contribution in [2.45, 2.75) is 45.1 Å². The highest BCUT2D eigenvalue weighted by Crippen LogP contribution is 2.36. The minimum absolute atomic E-state index is 0.0184. The number of allylic oxidation sites excluding steroid dienone is 2. The number of nitrogens with zero attached hydrogens (tertiary/aromatic N) is 2. The topological polar surface area (TPSA) is 108 Å². The van der Waals surface area contributed by atoms with E-state index in [1.165, 1.54) is 0 Å². The summed E-state index contributed by atoms with van der Waals surface area (Å²) in [4.78, 5) is 54.0. The molecule has 4 rings (SSSR count). The molecule has 2 N–H and O–H groups in total. The van der Waals surface area contributed by atoms with E-state index in [9.17, 15) is 19.2 Å². The highest BCUT2D eigenvalue weighted by molar-refractivity contribution is 5.88. The number of likely N-dealkylation sites (tertiary alicyclic amines) is 2. The Kier molecular flexibility index (Phi) is 8.28. The number of amides is 4. The zero-order valence-electron chi connectivity index (χ0n) is 20.9. The SMILES string of the molecule is CC(=O)N1CCC2(C/C=C/C[C@H]3CN(C(=O)COc4ccccc4)CC[C@H]3NC(=O)CNC2=O)CC1. The lowest BCUT2D eigenvalue weighted by Crippen LogP contribution is -2.55. The second kappa shape index (κ2) is 11.6. The van der Waals surface area contributed by atoms with Gasteiger partial charge in [-0.15, -0.1) is 0 Å². The van der Waals surface area contributed by atoms with E-state index < -0.39 is 5.41 Å². The maximum atomic E-state index is 13.1. The molecule has 2 atom stereocenters. The van der Waals surface area contributed by atoms with Crippen LogP contribution in [0.2, 0.25) is 0 Å². The summed E-state index contributed by atoms with van der Waals surface area (Å²) in [6.07, 6.45) is 7.19. The molecule has 9 nitrogen and oxygen atoms in total. The Labute approximate surface area is 212 Å². The summed E-state index contributed by atoms with van der Waals surface area (Å²) in [5, 5.41) is 5.92. The average Bonchev–Trinajstić information content (AvgIpc) is 2.89. The molecule has 4 amide bonds. The van der Waals surface area contributed by atoms with Gasteiger partial charge < -0.3 is 25.2 Å². The number of benzene rings is 1. The van der Waals surface area contributed by atoms with Crippen LogP contribution >= 0.6 is 0 Å². The first kappa shape index (κ1) is 25.7. The predicted octanol–water partition coefficient (Wildman–Crippen LogP) is 1.49. The number of piperidine rings is 2. The average molecular weight is 497 g/mol. The molecule has 9 heteroatoms. The van der Waals surface area contributed by atoms with Gasteiger partial charge in [-0.2, -0.15) is 0 Å². The Morgan fingerprint density at radius 3 is 2.53 bits per heavy atom. The van der Waals surface area contributed by atoms with Crippen LogP contribution in [0.5, 0.6) is 5.75 Å². The van der Waals surface area contributed by atoms with Gasteiger partial charge in [-0.1, -0.05) is 30.4 Å². The van der Waals surface area contributed by atoms with Crippen LogP contribution < -0.4 is 15.4 Å². The molecular weight excluding hydrogens is 460 g/mol. The fraction of sp³-hybridized carbons (Fsp3) is 0.556. The molecule has 1 spiro atoms. The van der Waals surface area contributed by atoms with Crippen LogP contribution in [0, 0.1) is 11.3 Å². The summed E-state index contributed by atoms with van der Waals surface area (Å²) in [6, 6.07) is 9.21. The number of rotatable bonds is 3. The van der Waals surface area contributed by atoms with E-state index >= 15 is 0 Å². The Balaban J connectivity index is 1.40. The molecule has 0 aliphatic carbocycles. The summed E-state index contributed by atoms with van der Waals surface area (Å²) in [7, 11) is 0. The molecule has 1 aromatic carbocycles. The Morgan fingerprint density at radius 2 is 1.81 bits per heavy atom. The van der Waals surface area contributed by atoms with Crippen molar-refractivity contribution in [2.75, 3.05) is 39.3 Å². The van der Waals surface area contributed by atoms with Crippen molar-refractivity contribution in [2.24, 2.45) is 11.3 Å². The van der Waals surface area contributed by atoms with Crippen molar-refractivity contribution in [3.05, 3.63) is 42.5 Å². The molecule has 3 heterocycles. The third kappa shape index (κ3) is 6.25. The molecule has 1 aromatic rings. The molecule has 0 radical (unpaired) electrons. The molecule has 2 saturated heterocycles. The van der Waals surface area contributed by atoms with Gasteiger partial charge in [0.05, 0.1) is 12.0 Å². The lowest BCUT2D eigenvalue weighted by Gasteiger charge is -2.41. The number of hydrogen-bond acceptors (Lipinski definition) is 5. The molecule has 0 aromatic heterocycles. The van der Waals surface area contributed by atoms with Gasteiger partial charge in [-0.05, 0) is 44.2 Å². The molecule has 0 saturated carbocycles. The zero-order chi connectivity index (χ0) is 25.5. The van der Waals surface area contributed by atoms with Crippen LogP contribution in [0.3, 0.4) is 0 Å². The quantitative estimate of drug-likeness (QED) is 0.617. The fourth-order valence-corrected chi connectivity index (χ4v) is 5.40. The van der Waals surface area contributed by atoms with Crippen molar-refractivity contribution in [3.63, 3.8) is 0 Å². The van der Waals surface area contributed by atoms with Crippen LogP contribution in [-0.2, 0) is 19.2 Å². The molecule has 36 heavy (non-hydrogen) atoms. The van der Waals surface area contributed by atoms with E-state index in [0.29, 0.717) is 64.0 Å². The van der Waals surface area contributed by atoms with Gasteiger partial charge in [0.25, 0.3) is 5.91 Å². The van der Waals surface area contributed by atoms with Gasteiger partial charge in [0.15, 0.2) is 6.61 Å². The first-order valence-corrected chi connectivity index (χ1v) is 12.8. The smallest absolute Gasteiger partial charge is 0.260 e. The number of carbonyl (C=O) groups is 4. The zero-order valence-corrected chi connectivity index (χ0v) is 20.9. The monoisotopic (exact) mass is 496 g/mol. The van der Waals surface area contributed by atoms with Crippen molar-refractivity contribution in [1.29, 1.82) is 0 Å². The second-order valence-electron chi connectivity index (χ2n) is 10.0. The predicted molar refractivity (Wildman–Crippen MR) is 134 cm³/mol. The first-order valence-electron chi connectivity index (χ1n) is 12.8. The molecular formula is C27H36N4O5. The van der Waals surface area contributed by atoms with Crippen LogP contribution in [0.25, 0.3) is 0 Å². The van der Waals surface area contributed by atoms with E-state index in [1.807, 2.05) is 35.2 Å². The highest BCUT2D eigenvalue weighted by atomic mass is 16.5. The van der Waals surface area contributed by atoms with Crippen molar-refractivity contribution in [3.8, 4) is 5.75 Å². The standard InChI is InChI=1S/C27H36N4O5/c1-20(32)30-15-12-27(13-16-30)11-6-5-7-21-18-31(25(34)19-36-22-8-3-2-4-9-22)14-10-23(21)29-24(33)17-28-26(27)35/h2-6,8-9,21,23H,7,10-19H2,1H3,(H,28,35)(H,29,33)/b6-5+/t21-,23+/m0/s1. The summed E-state index contributed by atoms with van der Waals surface area (Å²) >= 11 is 0. The van der Waals surface area contributed by atoms with E-state index in [0.717, 1.165) is 0 Å². The third-order valence-electron chi connectivity index (χ3n) is 7.71. The Morgan fingerprint density at radius 1 is 1.06 bits per heavy atom. The number of nitrogens with one attached hydrogen (secondary N) is 2. The van der Waals surface area contributed by atoms with Gasteiger partial charge in [-0.25, -0.2) is 0 Å².